The Bertz CT molecular complexity index is 409. The Labute approximate surface area is 123 Å². The molecule has 0 amide bonds. The standard InChI is InChI=1S/C12H15Cl2FN2.ClH/c1-8(17-6-4-16-5-7-17)11-9(13)2-3-10(14)12(11)15;/h2-3,8,16H,4-7H2,1H3;1H/t8-;/m1./s1. The van der Waals surface area contributed by atoms with Crippen LogP contribution in [0.15, 0.2) is 12.1 Å². The van der Waals surface area contributed by atoms with Crippen LogP contribution in [0.25, 0.3) is 0 Å². The van der Waals surface area contributed by atoms with Crippen LogP contribution in [0.4, 0.5) is 4.39 Å². The van der Waals surface area contributed by atoms with E-state index in [0.717, 1.165) is 26.2 Å². The van der Waals surface area contributed by atoms with E-state index >= 15 is 0 Å². The van der Waals surface area contributed by atoms with E-state index < -0.39 is 5.82 Å². The Morgan fingerprint density at radius 1 is 1.22 bits per heavy atom. The summed E-state index contributed by atoms with van der Waals surface area (Å²) in [5.41, 5.74) is 0.501. The SMILES string of the molecule is C[C@H](c1c(Cl)ccc(Cl)c1F)N1CCNCC1.Cl. The van der Waals surface area contributed by atoms with Crippen LogP contribution in [0.1, 0.15) is 18.5 Å². The molecule has 2 rings (SSSR count). The smallest absolute Gasteiger partial charge is 0.148 e. The number of halogens is 4. The molecule has 0 unspecified atom stereocenters. The molecule has 1 aromatic rings. The van der Waals surface area contributed by atoms with Gasteiger partial charge in [-0.05, 0) is 19.1 Å². The van der Waals surface area contributed by atoms with E-state index in [1.165, 1.54) is 6.07 Å². The summed E-state index contributed by atoms with van der Waals surface area (Å²) in [6, 6.07) is 3.09. The highest BCUT2D eigenvalue weighted by atomic mass is 35.5. The predicted octanol–water partition coefficient (Wildman–Crippen LogP) is 3.52. The molecule has 1 fully saturated rings. The summed E-state index contributed by atoms with van der Waals surface area (Å²) in [4.78, 5) is 2.21. The normalized spacial score (nSPS) is 18.2. The second kappa shape index (κ2) is 6.92. The molecule has 1 heterocycles. The maximum atomic E-state index is 14.0. The van der Waals surface area contributed by atoms with E-state index in [2.05, 4.69) is 10.2 Å². The number of rotatable bonds is 2. The third-order valence-electron chi connectivity index (χ3n) is 3.20. The minimum Gasteiger partial charge on any atom is -0.314 e. The largest absolute Gasteiger partial charge is 0.314 e. The quantitative estimate of drug-likeness (QED) is 0.841. The van der Waals surface area contributed by atoms with Crippen molar-refractivity contribution in [2.45, 2.75) is 13.0 Å². The highest BCUT2D eigenvalue weighted by molar-refractivity contribution is 6.33. The molecule has 1 aliphatic heterocycles. The summed E-state index contributed by atoms with van der Waals surface area (Å²) >= 11 is 11.9. The molecule has 0 aliphatic carbocycles. The number of piperazine rings is 1. The van der Waals surface area contributed by atoms with Gasteiger partial charge in [0.2, 0.25) is 0 Å². The lowest BCUT2D eigenvalue weighted by Crippen LogP contribution is -2.44. The highest BCUT2D eigenvalue weighted by Crippen LogP contribution is 2.33. The Morgan fingerprint density at radius 3 is 2.39 bits per heavy atom. The zero-order chi connectivity index (χ0) is 12.4. The van der Waals surface area contributed by atoms with Crippen molar-refractivity contribution in [1.82, 2.24) is 10.2 Å². The third-order valence-corrected chi connectivity index (χ3v) is 3.82. The van der Waals surface area contributed by atoms with Crippen molar-refractivity contribution in [3.63, 3.8) is 0 Å². The molecule has 6 heteroatoms. The molecule has 102 valence electrons. The molecule has 18 heavy (non-hydrogen) atoms. The predicted molar refractivity (Wildman–Crippen MR) is 76.5 cm³/mol. The van der Waals surface area contributed by atoms with Crippen LogP contribution < -0.4 is 5.32 Å². The first-order valence-electron chi connectivity index (χ1n) is 5.69. The number of hydrogen-bond donors (Lipinski definition) is 1. The van der Waals surface area contributed by atoms with Gasteiger partial charge >= 0.3 is 0 Å². The fourth-order valence-corrected chi connectivity index (χ4v) is 2.65. The van der Waals surface area contributed by atoms with Gasteiger partial charge in [0, 0.05) is 42.8 Å². The average Bonchev–Trinajstić information content (AvgIpc) is 2.35. The first-order valence-corrected chi connectivity index (χ1v) is 6.45. The summed E-state index contributed by atoms with van der Waals surface area (Å²) in [5.74, 6) is -0.398. The van der Waals surface area contributed by atoms with Gasteiger partial charge in [0.15, 0.2) is 0 Å². The summed E-state index contributed by atoms with van der Waals surface area (Å²) < 4.78 is 14.0. The molecular weight excluding hydrogens is 298 g/mol. The van der Waals surface area contributed by atoms with Crippen LogP contribution >= 0.6 is 35.6 Å². The van der Waals surface area contributed by atoms with Crippen molar-refractivity contribution in [2.24, 2.45) is 0 Å². The Hall–Kier alpha value is -0.0600. The van der Waals surface area contributed by atoms with Crippen LogP contribution in [0, 0.1) is 5.82 Å². The molecule has 0 saturated carbocycles. The van der Waals surface area contributed by atoms with Crippen molar-refractivity contribution < 1.29 is 4.39 Å². The van der Waals surface area contributed by atoms with Crippen molar-refractivity contribution in [1.29, 1.82) is 0 Å². The van der Waals surface area contributed by atoms with Gasteiger partial charge in [-0.1, -0.05) is 23.2 Å². The minimum absolute atomic E-state index is 0. The fourth-order valence-electron chi connectivity index (χ4n) is 2.18. The average molecular weight is 314 g/mol. The zero-order valence-electron chi connectivity index (χ0n) is 10.0. The molecule has 0 spiro atoms. The van der Waals surface area contributed by atoms with Gasteiger partial charge in [-0.15, -0.1) is 12.4 Å². The lowest BCUT2D eigenvalue weighted by atomic mass is 10.1. The van der Waals surface area contributed by atoms with Gasteiger partial charge in [0.05, 0.1) is 5.02 Å². The van der Waals surface area contributed by atoms with E-state index in [-0.39, 0.29) is 23.5 Å². The van der Waals surface area contributed by atoms with Crippen molar-refractivity contribution in [2.75, 3.05) is 26.2 Å². The lowest BCUT2D eigenvalue weighted by Gasteiger charge is -2.33. The first kappa shape index (κ1) is 16.0. The molecule has 1 aromatic carbocycles. The summed E-state index contributed by atoms with van der Waals surface area (Å²) in [7, 11) is 0. The van der Waals surface area contributed by atoms with Gasteiger partial charge in [0.1, 0.15) is 5.82 Å². The molecule has 1 aliphatic rings. The molecule has 2 nitrogen and oxygen atoms in total. The van der Waals surface area contributed by atoms with Crippen molar-refractivity contribution in [3.8, 4) is 0 Å². The highest BCUT2D eigenvalue weighted by Gasteiger charge is 2.24. The van der Waals surface area contributed by atoms with Crippen molar-refractivity contribution >= 4 is 35.6 Å². The summed E-state index contributed by atoms with van der Waals surface area (Å²) in [6.45, 7) is 5.59. The number of hydrogen-bond acceptors (Lipinski definition) is 2. The molecule has 0 bridgehead atoms. The number of nitrogens with zero attached hydrogens (tertiary/aromatic N) is 1. The van der Waals surface area contributed by atoms with E-state index in [4.69, 9.17) is 23.2 Å². The Morgan fingerprint density at radius 2 is 1.78 bits per heavy atom. The van der Waals surface area contributed by atoms with E-state index in [1.54, 1.807) is 6.07 Å². The Kier molecular flexibility index (Phi) is 6.15. The second-order valence-corrected chi connectivity index (χ2v) is 5.03. The number of nitrogens with one attached hydrogen (secondary N) is 1. The summed E-state index contributed by atoms with van der Waals surface area (Å²) in [6.07, 6.45) is 0. The van der Waals surface area contributed by atoms with Crippen LogP contribution in [-0.2, 0) is 0 Å². The maximum absolute atomic E-state index is 14.0. The van der Waals surface area contributed by atoms with E-state index in [1.807, 2.05) is 6.92 Å². The molecule has 1 saturated heterocycles. The molecule has 1 N–H and O–H groups in total. The van der Waals surface area contributed by atoms with Crippen LogP contribution in [0.5, 0.6) is 0 Å². The maximum Gasteiger partial charge on any atom is 0.148 e. The van der Waals surface area contributed by atoms with Crippen LogP contribution in [0.2, 0.25) is 10.0 Å². The molecule has 0 aromatic heterocycles. The third kappa shape index (κ3) is 3.28. The van der Waals surface area contributed by atoms with E-state index in [9.17, 15) is 4.39 Å². The minimum atomic E-state index is -0.398. The molecule has 0 radical (unpaired) electrons. The number of benzene rings is 1. The lowest BCUT2D eigenvalue weighted by molar-refractivity contribution is 0.182. The van der Waals surface area contributed by atoms with Crippen LogP contribution in [0.3, 0.4) is 0 Å². The summed E-state index contributed by atoms with van der Waals surface area (Å²) in [5, 5.41) is 3.84. The van der Waals surface area contributed by atoms with Crippen LogP contribution in [-0.4, -0.2) is 31.1 Å². The molecular formula is C12H16Cl3FN2. The monoisotopic (exact) mass is 312 g/mol. The Balaban J connectivity index is 0.00000162. The zero-order valence-corrected chi connectivity index (χ0v) is 12.4. The van der Waals surface area contributed by atoms with Crippen molar-refractivity contribution in [3.05, 3.63) is 33.6 Å². The molecule has 1 atom stereocenters. The van der Waals surface area contributed by atoms with Gasteiger partial charge in [-0.25, -0.2) is 4.39 Å². The van der Waals surface area contributed by atoms with Gasteiger partial charge in [-0.3, -0.25) is 4.90 Å². The van der Waals surface area contributed by atoms with Gasteiger partial charge < -0.3 is 5.32 Å². The van der Waals surface area contributed by atoms with E-state index in [0.29, 0.717) is 10.6 Å². The van der Waals surface area contributed by atoms with Gasteiger partial charge in [0.25, 0.3) is 0 Å². The second-order valence-electron chi connectivity index (χ2n) is 4.22. The first-order chi connectivity index (χ1) is 8.11. The van der Waals surface area contributed by atoms with Gasteiger partial charge in [-0.2, -0.15) is 0 Å². The fraction of sp³-hybridized carbons (Fsp3) is 0.500. The topological polar surface area (TPSA) is 15.3 Å².